The van der Waals surface area contributed by atoms with E-state index < -0.39 is 0 Å². The van der Waals surface area contributed by atoms with Gasteiger partial charge in [0.1, 0.15) is 0 Å². The Bertz CT molecular complexity index is 423. The first kappa shape index (κ1) is 9.21. The Morgan fingerprint density at radius 3 is 2.71 bits per heavy atom. The molecule has 0 amide bonds. The number of ether oxygens (including phenoxy) is 1. The van der Waals surface area contributed by atoms with E-state index in [1.165, 1.54) is 18.4 Å². The minimum atomic E-state index is -0.294. The summed E-state index contributed by atoms with van der Waals surface area (Å²) in [4.78, 5) is 0.918. The second-order valence-corrected chi connectivity index (χ2v) is 3.75. The predicted octanol–water partition coefficient (Wildman–Crippen LogP) is 3.56. The Kier molecular flexibility index (Phi) is 2.50. The molecule has 2 rings (SSSR count). The summed E-state index contributed by atoms with van der Waals surface area (Å²) < 4.78 is 18.6. The van der Waals surface area contributed by atoms with Crippen molar-refractivity contribution < 1.29 is 9.13 Å². The van der Waals surface area contributed by atoms with E-state index in [9.17, 15) is 4.39 Å². The molecule has 0 atom stereocenters. The summed E-state index contributed by atoms with van der Waals surface area (Å²) in [5, 5.41) is 1.92. The highest BCUT2D eigenvalue weighted by molar-refractivity contribution is 7.13. The van der Waals surface area contributed by atoms with Crippen molar-refractivity contribution in [2.24, 2.45) is 0 Å². The molecule has 0 spiro atoms. The van der Waals surface area contributed by atoms with Crippen LogP contribution >= 0.6 is 11.3 Å². The van der Waals surface area contributed by atoms with E-state index in [4.69, 9.17) is 4.74 Å². The van der Waals surface area contributed by atoms with Crippen molar-refractivity contribution in [1.29, 1.82) is 0 Å². The molecule has 1 nitrogen and oxygen atoms in total. The number of benzene rings is 1. The largest absolute Gasteiger partial charge is 0.494 e. The topological polar surface area (TPSA) is 9.23 Å². The fourth-order valence-corrected chi connectivity index (χ4v) is 2.04. The van der Waals surface area contributed by atoms with Gasteiger partial charge in [-0.3, -0.25) is 0 Å². The molecule has 14 heavy (non-hydrogen) atoms. The normalized spacial score (nSPS) is 10.1. The highest BCUT2D eigenvalue weighted by Gasteiger charge is 2.10. The lowest BCUT2D eigenvalue weighted by atomic mass is 10.1. The average Bonchev–Trinajstić information content (AvgIpc) is 2.71. The van der Waals surface area contributed by atoms with Gasteiger partial charge in [0.2, 0.25) is 0 Å². The van der Waals surface area contributed by atoms with Gasteiger partial charge < -0.3 is 4.74 Å². The SMILES string of the molecule is COc1cccc(-c2cccs2)c1F. The van der Waals surface area contributed by atoms with Gasteiger partial charge in [0.15, 0.2) is 11.6 Å². The highest BCUT2D eigenvalue weighted by atomic mass is 32.1. The summed E-state index contributed by atoms with van der Waals surface area (Å²) >= 11 is 1.51. The van der Waals surface area contributed by atoms with Gasteiger partial charge in [-0.25, -0.2) is 4.39 Å². The Labute approximate surface area is 85.8 Å². The first-order valence-electron chi connectivity index (χ1n) is 4.19. The molecule has 0 aliphatic carbocycles. The first-order valence-corrected chi connectivity index (χ1v) is 5.07. The maximum atomic E-state index is 13.7. The van der Waals surface area contributed by atoms with Crippen molar-refractivity contribution in [1.82, 2.24) is 0 Å². The molecule has 0 saturated heterocycles. The first-order chi connectivity index (χ1) is 6.83. The van der Waals surface area contributed by atoms with Crippen molar-refractivity contribution in [3.8, 4) is 16.2 Å². The molecule has 0 radical (unpaired) electrons. The molecule has 0 unspecified atom stereocenters. The number of methoxy groups -OCH3 is 1. The van der Waals surface area contributed by atoms with Gasteiger partial charge in [0, 0.05) is 10.4 Å². The van der Waals surface area contributed by atoms with Crippen LogP contribution in [0.3, 0.4) is 0 Å². The zero-order valence-corrected chi connectivity index (χ0v) is 8.48. The number of thiophene rings is 1. The molecule has 1 heterocycles. The van der Waals surface area contributed by atoms with Crippen molar-refractivity contribution in [2.45, 2.75) is 0 Å². The third kappa shape index (κ3) is 1.51. The lowest BCUT2D eigenvalue weighted by Gasteiger charge is -2.04. The smallest absolute Gasteiger partial charge is 0.173 e. The summed E-state index contributed by atoms with van der Waals surface area (Å²) in [6, 6.07) is 8.95. The van der Waals surface area contributed by atoms with Gasteiger partial charge in [0.25, 0.3) is 0 Å². The van der Waals surface area contributed by atoms with Crippen LogP contribution in [0.1, 0.15) is 0 Å². The van der Waals surface area contributed by atoms with E-state index in [1.54, 1.807) is 18.2 Å². The lowest BCUT2D eigenvalue weighted by Crippen LogP contribution is -1.89. The summed E-state index contributed by atoms with van der Waals surface area (Å²) in [7, 11) is 1.47. The fourth-order valence-electron chi connectivity index (χ4n) is 1.29. The summed E-state index contributed by atoms with van der Waals surface area (Å²) in [6.45, 7) is 0. The number of hydrogen-bond donors (Lipinski definition) is 0. The van der Waals surface area contributed by atoms with Crippen LogP contribution < -0.4 is 4.74 Å². The number of hydrogen-bond acceptors (Lipinski definition) is 2. The lowest BCUT2D eigenvalue weighted by molar-refractivity contribution is 0.387. The molecule has 0 N–H and O–H groups in total. The maximum Gasteiger partial charge on any atom is 0.173 e. The molecular formula is C11H9FOS. The minimum Gasteiger partial charge on any atom is -0.494 e. The third-order valence-corrected chi connectivity index (χ3v) is 2.87. The van der Waals surface area contributed by atoms with E-state index >= 15 is 0 Å². The van der Waals surface area contributed by atoms with E-state index in [-0.39, 0.29) is 11.6 Å². The highest BCUT2D eigenvalue weighted by Crippen LogP contribution is 2.31. The summed E-state index contributed by atoms with van der Waals surface area (Å²) in [6.07, 6.45) is 0. The van der Waals surface area contributed by atoms with Crippen LogP contribution in [0.2, 0.25) is 0 Å². The van der Waals surface area contributed by atoms with Crippen LogP contribution in [0.15, 0.2) is 35.7 Å². The average molecular weight is 208 g/mol. The van der Waals surface area contributed by atoms with Crippen molar-refractivity contribution in [3.05, 3.63) is 41.5 Å². The molecule has 0 bridgehead atoms. The zero-order valence-electron chi connectivity index (χ0n) is 7.66. The predicted molar refractivity (Wildman–Crippen MR) is 56.3 cm³/mol. The van der Waals surface area contributed by atoms with Crippen LogP contribution in [0.4, 0.5) is 4.39 Å². The molecule has 1 aromatic heterocycles. The molecular weight excluding hydrogens is 199 g/mol. The van der Waals surface area contributed by atoms with Gasteiger partial charge in [0.05, 0.1) is 7.11 Å². The van der Waals surface area contributed by atoms with Crippen LogP contribution in [0.25, 0.3) is 10.4 Å². The van der Waals surface area contributed by atoms with Gasteiger partial charge in [-0.2, -0.15) is 0 Å². The molecule has 1 aromatic carbocycles. The molecule has 0 fully saturated rings. The molecule has 2 aromatic rings. The molecule has 0 aliphatic heterocycles. The van der Waals surface area contributed by atoms with Crippen LogP contribution in [-0.4, -0.2) is 7.11 Å². The van der Waals surface area contributed by atoms with Gasteiger partial charge >= 0.3 is 0 Å². The van der Waals surface area contributed by atoms with E-state index in [2.05, 4.69) is 0 Å². The van der Waals surface area contributed by atoms with E-state index in [0.717, 1.165) is 4.88 Å². The van der Waals surface area contributed by atoms with Crippen molar-refractivity contribution >= 4 is 11.3 Å². The molecule has 72 valence electrons. The molecule has 3 heteroatoms. The standard InChI is InChI=1S/C11H9FOS/c1-13-9-5-2-4-8(11(9)12)10-6-3-7-14-10/h2-7H,1H3. The maximum absolute atomic E-state index is 13.7. The number of halogens is 1. The van der Waals surface area contributed by atoms with Gasteiger partial charge in [-0.05, 0) is 17.5 Å². The van der Waals surface area contributed by atoms with Gasteiger partial charge in [-0.15, -0.1) is 11.3 Å². The molecule has 0 saturated carbocycles. The number of rotatable bonds is 2. The van der Waals surface area contributed by atoms with E-state index in [0.29, 0.717) is 5.56 Å². The van der Waals surface area contributed by atoms with Gasteiger partial charge in [-0.1, -0.05) is 18.2 Å². The summed E-state index contributed by atoms with van der Waals surface area (Å²) in [5.41, 5.74) is 0.597. The summed E-state index contributed by atoms with van der Waals surface area (Å²) in [5.74, 6) is -0.00616. The van der Waals surface area contributed by atoms with Crippen LogP contribution in [0, 0.1) is 5.82 Å². The van der Waals surface area contributed by atoms with Crippen LogP contribution in [-0.2, 0) is 0 Å². The third-order valence-electron chi connectivity index (χ3n) is 1.97. The Balaban J connectivity index is 2.54. The zero-order chi connectivity index (χ0) is 9.97. The second kappa shape index (κ2) is 3.80. The second-order valence-electron chi connectivity index (χ2n) is 2.80. The minimum absolute atomic E-state index is 0.288. The Morgan fingerprint density at radius 2 is 2.07 bits per heavy atom. The van der Waals surface area contributed by atoms with E-state index in [1.807, 2.05) is 17.5 Å². The fraction of sp³-hybridized carbons (Fsp3) is 0.0909. The Morgan fingerprint density at radius 1 is 1.21 bits per heavy atom. The quantitative estimate of drug-likeness (QED) is 0.733. The van der Waals surface area contributed by atoms with Crippen molar-refractivity contribution in [2.75, 3.05) is 7.11 Å². The van der Waals surface area contributed by atoms with Crippen molar-refractivity contribution in [3.63, 3.8) is 0 Å². The Hall–Kier alpha value is -1.35. The molecule has 0 aliphatic rings. The monoisotopic (exact) mass is 208 g/mol. The van der Waals surface area contributed by atoms with Crippen LogP contribution in [0.5, 0.6) is 5.75 Å².